The van der Waals surface area contributed by atoms with Crippen LogP contribution in [0.25, 0.3) is 0 Å². The molecule has 0 saturated heterocycles. The molecule has 0 aliphatic heterocycles. The van der Waals surface area contributed by atoms with Crippen LogP contribution >= 0.6 is 15.9 Å². The van der Waals surface area contributed by atoms with Crippen LogP contribution in [0.2, 0.25) is 0 Å². The largest absolute Gasteiger partial charge is 0.353 e. The summed E-state index contributed by atoms with van der Waals surface area (Å²) in [6.07, 6.45) is 3.58. The second-order valence-electron chi connectivity index (χ2n) is 3.63. The lowest BCUT2D eigenvalue weighted by Crippen LogP contribution is -2.24. The van der Waals surface area contributed by atoms with Gasteiger partial charge < -0.3 is 9.88 Å². The van der Waals surface area contributed by atoms with E-state index in [2.05, 4.69) is 26.2 Å². The molecular weight excluding hydrogens is 282 g/mol. The maximum atomic E-state index is 11.9. The fraction of sp³-hybridized carbons (Fsp3) is 0.167. The van der Waals surface area contributed by atoms with Crippen LogP contribution in [0.5, 0.6) is 0 Å². The molecule has 88 valence electrons. The number of rotatable bonds is 3. The van der Waals surface area contributed by atoms with E-state index < -0.39 is 0 Å². The Hall–Kier alpha value is -1.62. The molecule has 0 saturated carbocycles. The van der Waals surface area contributed by atoms with Gasteiger partial charge in [-0.15, -0.1) is 0 Å². The molecule has 1 N–H and O–H groups in total. The van der Waals surface area contributed by atoms with Crippen LogP contribution < -0.4 is 5.32 Å². The summed E-state index contributed by atoms with van der Waals surface area (Å²) >= 11 is 3.25. The molecule has 17 heavy (non-hydrogen) atoms. The summed E-state index contributed by atoms with van der Waals surface area (Å²) in [6.45, 7) is 0.504. The van der Waals surface area contributed by atoms with E-state index in [0.29, 0.717) is 16.7 Å². The number of carbonyl (C=O) groups excluding carboxylic acids is 1. The van der Waals surface area contributed by atoms with Gasteiger partial charge in [0.05, 0.1) is 12.1 Å². The van der Waals surface area contributed by atoms with Gasteiger partial charge in [-0.3, -0.25) is 4.79 Å². The van der Waals surface area contributed by atoms with Crippen molar-refractivity contribution < 1.29 is 4.79 Å². The molecule has 0 fully saturated rings. The van der Waals surface area contributed by atoms with Crippen molar-refractivity contribution in [1.82, 2.24) is 14.9 Å². The Bertz CT molecular complexity index is 536. The number of aryl methyl sites for hydroxylation is 1. The van der Waals surface area contributed by atoms with Gasteiger partial charge in [0.1, 0.15) is 4.60 Å². The van der Waals surface area contributed by atoms with E-state index in [1.807, 2.05) is 29.9 Å². The minimum Gasteiger partial charge on any atom is -0.353 e. The molecule has 2 rings (SSSR count). The number of amides is 1. The third kappa shape index (κ3) is 2.74. The minimum absolute atomic E-state index is 0.133. The Labute approximate surface area is 108 Å². The van der Waals surface area contributed by atoms with E-state index in [-0.39, 0.29) is 5.91 Å². The number of pyridine rings is 1. The number of nitrogens with one attached hydrogen (secondary N) is 1. The molecular formula is C12H12BrN3O. The Balaban J connectivity index is 2.04. The maximum Gasteiger partial charge on any atom is 0.254 e. The summed E-state index contributed by atoms with van der Waals surface area (Å²) in [5.74, 6) is -0.133. The second-order valence-corrected chi connectivity index (χ2v) is 4.39. The average molecular weight is 294 g/mol. The number of halogens is 1. The normalized spacial score (nSPS) is 10.2. The molecule has 0 aliphatic carbocycles. The third-order valence-electron chi connectivity index (χ3n) is 2.49. The standard InChI is InChI=1S/C12H12BrN3O/c1-16-7-3-4-9(16)8-15-12(17)10-5-2-6-14-11(10)13/h2-7H,8H2,1H3,(H,15,17). The summed E-state index contributed by atoms with van der Waals surface area (Å²) in [4.78, 5) is 15.9. The van der Waals surface area contributed by atoms with Crippen molar-refractivity contribution in [2.24, 2.45) is 7.05 Å². The highest BCUT2D eigenvalue weighted by Crippen LogP contribution is 2.12. The van der Waals surface area contributed by atoms with Crippen LogP contribution in [0.3, 0.4) is 0 Å². The van der Waals surface area contributed by atoms with Gasteiger partial charge in [-0.1, -0.05) is 0 Å². The average Bonchev–Trinajstić information content (AvgIpc) is 2.72. The molecule has 0 bridgehead atoms. The van der Waals surface area contributed by atoms with Gasteiger partial charge in [0.2, 0.25) is 0 Å². The molecule has 0 spiro atoms. The lowest BCUT2D eigenvalue weighted by atomic mass is 10.2. The van der Waals surface area contributed by atoms with Crippen LogP contribution in [0, 0.1) is 0 Å². The van der Waals surface area contributed by atoms with Crippen molar-refractivity contribution >= 4 is 21.8 Å². The Morgan fingerprint density at radius 1 is 1.47 bits per heavy atom. The van der Waals surface area contributed by atoms with Crippen molar-refractivity contribution in [3.63, 3.8) is 0 Å². The molecule has 0 atom stereocenters. The fourth-order valence-corrected chi connectivity index (χ4v) is 1.93. The summed E-state index contributed by atoms with van der Waals surface area (Å²) in [5, 5.41) is 2.85. The SMILES string of the molecule is Cn1cccc1CNC(=O)c1cccnc1Br. The topological polar surface area (TPSA) is 46.9 Å². The van der Waals surface area contributed by atoms with Crippen LogP contribution in [-0.2, 0) is 13.6 Å². The first kappa shape index (κ1) is 11.9. The number of hydrogen-bond acceptors (Lipinski definition) is 2. The number of carbonyl (C=O) groups is 1. The van der Waals surface area contributed by atoms with Crippen molar-refractivity contribution in [3.05, 3.63) is 52.5 Å². The zero-order chi connectivity index (χ0) is 12.3. The lowest BCUT2D eigenvalue weighted by molar-refractivity contribution is 0.0949. The molecule has 1 amide bonds. The van der Waals surface area contributed by atoms with Gasteiger partial charge >= 0.3 is 0 Å². The molecule has 5 heteroatoms. The van der Waals surface area contributed by atoms with Crippen molar-refractivity contribution in [3.8, 4) is 0 Å². The second kappa shape index (κ2) is 5.14. The minimum atomic E-state index is -0.133. The number of nitrogens with zero attached hydrogens (tertiary/aromatic N) is 2. The monoisotopic (exact) mass is 293 g/mol. The molecule has 0 radical (unpaired) electrons. The van der Waals surface area contributed by atoms with Crippen LogP contribution in [0.15, 0.2) is 41.3 Å². The van der Waals surface area contributed by atoms with Gasteiger partial charge in [0.15, 0.2) is 0 Å². The molecule has 0 aliphatic rings. The highest BCUT2D eigenvalue weighted by molar-refractivity contribution is 9.10. The van der Waals surface area contributed by atoms with Gasteiger partial charge in [-0.25, -0.2) is 4.98 Å². The predicted molar refractivity (Wildman–Crippen MR) is 68.5 cm³/mol. The van der Waals surface area contributed by atoms with E-state index in [1.165, 1.54) is 0 Å². The van der Waals surface area contributed by atoms with E-state index in [9.17, 15) is 4.79 Å². The van der Waals surface area contributed by atoms with Crippen molar-refractivity contribution in [1.29, 1.82) is 0 Å². The molecule has 2 heterocycles. The highest BCUT2D eigenvalue weighted by atomic mass is 79.9. The van der Waals surface area contributed by atoms with Crippen molar-refractivity contribution in [2.45, 2.75) is 6.54 Å². The fourth-order valence-electron chi connectivity index (χ4n) is 1.50. The van der Waals surface area contributed by atoms with E-state index >= 15 is 0 Å². The summed E-state index contributed by atoms with van der Waals surface area (Å²) in [7, 11) is 1.95. The van der Waals surface area contributed by atoms with Crippen LogP contribution in [0.4, 0.5) is 0 Å². The number of aromatic nitrogens is 2. The highest BCUT2D eigenvalue weighted by Gasteiger charge is 2.10. The first-order chi connectivity index (χ1) is 8.18. The molecule has 2 aromatic heterocycles. The summed E-state index contributed by atoms with van der Waals surface area (Å²) < 4.78 is 2.53. The Morgan fingerprint density at radius 2 is 2.29 bits per heavy atom. The summed E-state index contributed by atoms with van der Waals surface area (Å²) in [6, 6.07) is 7.39. The zero-order valence-corrected chi connectivity index (χ0v) is 10.9. The maximum absolute atomic E-state index is 11.9. The zero-order valence-electron chi connectivity index (χ0n) is 9.35. The molecule has 4 nitrogen and oxygen atoms in total. The first-order valence-electron chi connectivity index (χ1n) is 5.17. The van der Waals surface area contributed by atoms with Gasteiger partial charge in [-0.05, 0) is 40.2 Å². The summed E-state index contributed by atoms with van der Waals surface area (Å²) in [5.41, 5.74) is 1.60. The van der Waals surface area contributed by atoms with Crippen LogP contribution in [0.1, 0.15) is 16.1 Å². The van der Waals surface area contributed by atoms with E-state index in [0.717, 1.165) is 5.69 Å². The molecule has 0 aromatic carbocycles. The van der Waals surface area contributed by atoms with Gasteiger partial charge in [-0.2, -0.15) is 0 Å². The lowest BCUT2D eigenvalue weighted by Gasteiger charge is -2.07. The Kier molecular flexibility index (Phi) is 3.58. The molecule has 0 unspecified atom stereocenters. The third-order valence-corrected chi connectivity index (χ3v) is 3.12. The first-order valence-corrected chi connectivity index (χ1v) is 5.96. The Morgan fingerprint density at radius 3 is 2.94 bits per heavy atom. The molecule has 2 aromatic rings. The van der Waals surface area contributed by atoms with E-state index in [1.54, 1.807) is 18.3 Å². The number of hydrogen-bond donors (Lipinski definition) is 1. The smallest absolute Gasteiger partial charge is 0.254 e. The van der Waals surface area contributed by atoms with Crippen molar-refractivity contribution in [2.75, 3.05) is 0 Å². The van der Waals surface area contributed by atoms with Gasteiger partial charge in [0, 0.05) is 25.1 Å². The van der Waals surface area contributed by atoms with Crippen LogP contribution in [-0.4, -0.2) is 15.5 Å². The predicted octanol–water partition coefficient (Wildman–Crippen LogP) is 2.11. The van der Waals surface area contributed by atoms with Gasteiger partial charge in [0.25, 0.3) is 5.91 Å². The quantitative estimate of drug-likeness (QED) is 0.881. The van der Waals surface area contributed by atoms with E-state index in [4.69, 9.17) is 0 Å².